The first-order valence-electron chi connectivity index (χ1n) is 9.29. The molecule has 0 spiro atoms. The summed E-state index contributed by atoms with van der Waals surface area (Å²) < 4.78 is 47.7. The van der Waals surface area contributed by atoms with Crippen LogP contribution in [0.1, 0.15) is 39.3 Å². The van der Waals surface area contributed by atoms with E-state index in [2.05, 4.69) is 4.98 Å². The smallest absolute Gasteiger partial charge is 0.264 e. The summed E-state index contributed by atoms with van der Waals surface area (Å²) >= 11 is 0. The number of fused-ring (bicyclic) bond motifs is 1. The minimum absolute atomic E-state index is 0.0331. The van der Waals surface area contributed by atoms with Crippen molar-refractivity contribution in [2.45, 2.75) is 32.1 Å². The van der Waals surface area contributed by atoms with Crippen LogP contribution in [-0.2, 0) is 9.59 Å². The number of aromatic nitrogens is 2. The average molecular weight is 291 g/mol. The van der Waals surface area contributed by atoms with E-state index in [4.69, 9.17) is 14.0 Å². The first-order valence-corrected chi connectivity index (χ1v) is 6.13. The third kappa shape index (κ3) is 2.12. The predicted octanol–water partition coefficient (Wildman–Crippen LogP) is 1.15. The molecule has 0 aliphatic heterocycles. The molecular weight excluding hydrogens is 270 g/mol. The molecule has 2 N–H and O–H groups in total. The second kappa shape index (κ2) is 4.80. The third-order valence-electron chi connectivity index (χ3n) is 3.22. The number of aryl methyl sites for hydroxylation is 1. The van der Waals surface area contributed by atoms with Gasteiger partial charge in [0, 0.05) is 18.9 Å². The molecule has 1 aromatic heterocycles. The molecule has 1 aliphatic rings. The van der Waals surface area contributed by atoms with E-state index >= 15 is 0 Å². The Hall–Kier alpha value is -2.50. The number of anilines is 1. The molecule has 0 bridgehead atoms. The van der Waals surface area contributed by atoms with Gasteiger partial charge in [-0.15, -0.1) is 0 Å². The SMILES string of the molecule is [2H]C1C(=O)CC(=O)C([2H])(n2c(C([2H])([2H])[2H])nc3cccc(N)c3c2=O)C1[2H]. The topological polar surface area (TPSA) is 95.1 Å². The summed E-state index contributed by atoms with van der Waals surface area (Å²) in [6, 6.07) is 1.41. The lowest BCUT2D eigenvalue weighted by Crippen LogP contribution is -2.36. The maximum atomic E-state index is 13.1. The number of Topliss-reactive ketones (excluding diaryl/α,β-unsaturated/α-hetero) is 2. The second-order valence-electron chi connectivity index (χ2n) is 4.60. The zero-order chi connectivity index (χ0) is 20.3. The van der Waals surface area contributed by atoms with Gasteiger partial charge >= 0.3 is 0 Å². The van der Waals surface area contributed by atoms with E-state index in [0.717, 1.165) is 0 Å². The third-order valence-corrected chi connectivity index (χ3v) is 3.22. The van der Waals surface area contributed by atoms with Crippen molar-refractivity contribution in [2.75, 3.05) is 5.73 Å². The van der Waals surface area contributed by atoms with Crippen LogP contribution in [-0.4, -0.2) is 21.1 Å². The summed E-state index contributed by atoms with van der Waals surface area (Å²) in [7, 11) is 0. The van der Waals surface area contributed by atoms with E-state index in [-0.39, 0.29) is 16.6 Å². The number of nitrogens with zero attached hydrogens (tertiary/aromatic N) is 2. The summed E-state index contributed by atoms with van der Waals surface area (Å²) in [6.07, 6.45) is -4.63. The summed E-state index contributed by atoms with van der Waals surface area (Å²) in [6.45, 7) is -3.00. The van der Waals surface area contributed by atoms with Crippen LogP contribution in [0.5, 0.6) is 0 Å². The van der Waals surface area contributed by atoms with Crippen molar-refractivity contribution in [3.63, 3.8) is 0 Å². The van der Waals surface area contributed by atoms with Gasteiger partial charge in [0.1, 0.15) is 11.6 Å². The molecule has 2 aromatic rings. The predicted molar refractivity (Wildman–Crippen MR) is 78.1 cm³/mol. The maximum absolute atomic E-state index is 13.1. The first kappa shape index (κ1) is 8.07. The zero-order valence-electron chi connectivity index (χ0n) is 16.8. The van der Waals surface area contributed by atoms with Gasteiger partial charge in [0.05, 0.1) is 24.7 Å². The fraction of sp³-hybridized carbons (Fsp3) is 0.333. The van der Waals surface area contributed by atoms with Crippen LogP contribution >= 0.6 is 0 Å². The molecule has 6 heteroatoms. The number of ketones is 2. The van der Waals surface area contributed by atoms with Crippen LogP contribution in [0.3, 0.4) is 0 Å². The summed E-state index contributed by atoms with van der Waals surface area (Å²) in [5.74, 6) is -2.87. The molecule has 1 fully saturated rings. The molecular formula is C15H15N3O3. The average Bonchev–Trinajstić information content (AvgIpc) is 2.57. The number of nitrogens with two attached hydrogens (primary N) is 1. The van der Waals surface area contributed by atoms with Crippen LogP contribution in [0.2, 0.25) is 0 Å². The van der Waals surface area contributed by atoms with Gasteiger partial charge in [0.2, 0.25) is 0 Å². The summed E-state index contributed by atoms with van der Waals surface area (Å²) in [5.41, 5.74) is 4.65. The molecule has 21 heavy (non-hydrogen) atoms. The number of nitrogen functional groups attached to an aromatic ring is 1. The Kier molecular flexibility index (Phi) is 1.84. The molecule has 1 saturated carbocycles. The molecule has 1 aliphatic carbocycles. The van der Waals surface area contributed by atoms with E-state index in [1.165, 1.54) is 18.2 Å². The summed E-state index contributed by atoms with van der Waals surface area (Å²) in [5, 5.41) is -0.199. The Morgan fingerprint density at radius 1 is 1.48 bits per heavy atom. The van der Waals surface area contributed by atoms with Crippen LogP contribution in [0, 0.1) is 6.85 Å². The minimum Gasteiger partial charge on any atom is -0.398 e. The highest BCUT2D eigenvalue weighted by atomic mass is 16.2. The van der Waals surface area contributed by atoms with Gasteiger partial charge < -0.3 is 5.73 Å². The van der Waals surface area contributed by atoms with Gasteiger partial charge in [-0.1, -0.05) is 6.07 Å². The fourth-order valence-electron chi connectivity index (χ4n) is 2.25. The van der Waals surface area contributed by atoms with Crippen molar-refractivity contribution in [1.29, 1.82) is 0 Å². The van der Waals surface area contributed by atoms with Crippen LogP contribution in [0.25, 0.3) is 10.9 Å². The lowest BCUT2D eigenvalue weighted by Gasteiger charge is -2.24. The first-order chi connectivity index (χ1) is 12.4. The lowest BCUT2D eigenvalue weighted by atomic mass is 9.92. The second-order valence-corrected chi connectivity index (χ2v) is 4.60. The number of carbonyl (C=O) groups excluding carboxylic acids is 2. The number of hydrogen-bond acceptors (Lipinski definition) is 5. The van der Waals surface area contributed by atoms with Crippen molar-refractivity contribution in [2.24, 2.45) is 0 Å². The normalized spacial score (nSPS) is 34.5. The van der Waals surface area contributed by atoms with Crippen molar-refractivity contribution in [3.05, 3.63) is 34.4 Å². The number of hydrogen-bond donors (Lipinski definition) is 1. The van der Waals surface area contributed by atoms with Gasteiger partial charge in [0.25, 0.3) is 5.56 Å². The van der Waals surface area contributed by atoms with Crippen molar-refractivity contribution < 1.29 is 17.8 Å². The maximum Gasteiger partial charge on any atom is 0.264 e. The lowest BCUT2D eigenvalue weighted by molar-refractivity contribution is -0.132. The monoisotopic (exact) mass is 291 g/mol. The molecule has 0 radical (unpaired) electrons. The van der Waals surface area contributed by atoms with Crippen LogP contribution < -0.4 is 11.3 Å². The van der Waals surface area contributed by atoms with Crippen molar-refractivity contribution in [1.82, 2.24) is 9.55 Å². The Morgan fingerprint density at radius 2 is 2.29 bits per heavy atom. The van der Waals surface area contributed by atoms with Crippen molar-refractivity contribution >= 4 is 28.2 Å². The van der Waals surface area contributed by atoms with Gasteiger partial charge in [-0.25, -0.2) is 4.98 Å². The van der Waals surface area contributed by atoms with Gasteiger partial charge in [-0.3, -0.25) is 19.0 Å². The van der Waals surface area contributed by atoms with Gasteiger partial charge in [-0.05, 0) is 25.4 Å². The Morgan fingerprint density at radius 3 is 3.05 bits per heavy atom. The highest BCUT2D eigenvalue weighted by molar-refractivity contribution is 6.03. The molecule has 3 unspecified atom stereocenters. The molecule has 1 aromatic carbocycles. The Labute approximate surface area is 129 Å². The summed E-state index contributed by atoms with van der Waals surface area (Å²) in [4.78, 5) is 41.3. The number of carbonyl (C=O) groups is 2. The van der Waals surface area contributed by atoms with Crippen LogP contribution in [0.15, 0.2) is 23.0 Å². The van der Waals surface area contributed by atoms with E-state index in [0.29, 0.717) is 4.57 Å². The fourth-order valence-corrected chi connectivity index (χ4v) is 2.25. The molecule has 3 rings (SSSR count). The highest BCUT2D eigenvalue weighted by Gasteiger charge is 2.30. The molecule has 0 amide bonds. The Bertz CT molecular complexity index is 1030. The standard InChI is InChI=1S/C15H15N3O3/c1-8-17-11-4-2-3-10(16)14(11)15(21)18(8)12-6-5-9(19)7-13(12)20/h2-4,12H,5-7,16H2,1H3/i1D3,5D,6D,12D. The van der Waals surface area contributed by atoms with Gasteiger partial charge in [-0.2, -0.15) is 0 Å². The highest BCUT2D eigenvalue weighted by Crippen LogP contribution is 2.24. The largest absolute Gasteiger partial charge is 0.398 e. The quantitative estimate of drug-likeness (QED) is 0.628. The molecule has 6 nitrogen and oxygen atoms in total. The molecule has 0 saturated heterocycles. The number of benzene rings is 1. The van der Waals surface area contributed by atoms with E-state index in [1.54, 1.807) is 0 Å². The minimum atomic E-state index is -3.00. The number of rotatable bonds is 1. The van der Waals surface area contributed by atoms with E-state index in [9.17, 15) is 14.4 Å². The van der Waals surface area contributed by atoms with E-state index < -0.39 is 55.0 Å². The molecule has 1 heterocycles. The Balaban J connectivity index is 2.48. The molecule has 108 valence electrons. The zero-order valence-corrected chi connectivity index (χ0v) is 10.8. The van der Waals surface area contributed by atoms with Gasteiger partial charge in [0.15, 0.2) is 5.78 Å². The van der Waals surface area contributed by atoms with Crippen LogP contribution in [0.4, 0.5) is 5.69 Å². The van der Waals surface area contributed by atoms with E-state index in [1.807, 2.05) is 0 Å². The molecule has 3 atom stereocenters. The van der Waals surface area contributed by atoms with Crippen molar-refractivity contribution in [3.8, 4) is 0 Å².